The maximum Gasteiger partial charge on any atom is 0.212 e. The molecule has 1 atom stereocenters. The van der Waals surface area contributed by atoms with Crippen LogP contribution in [0.4, 0.5) is 0 Å². The van der Waals surface area contributed by atoms with E-state index in [1.807, 2.05) is 12.3 Å². The number of methoxy groups -OCH3 is 1. The molecule has 0 spiro atoms. The Morgan fingerprint density at radius 3 is 2.93 bits per heavy atom. The molecule has 1 aromatic rings. The highest BCUT2D eigenvalue weighted by molar-refractivity contribution is 5.21. The minimum atomic E-state index is 0.377. The Kier molecular flexibility index (Phi) is 2.96. The van der Waals surface area contributed by atoms with E-state index in [1.54, 1.807) is 7.11 Å². The molecule has 1 aliphatic heterocycles. The predicted molar refractivity (Wildman–Crippen MR) is 54.4 cm³/mol. The van der Waals surface area contributed by atoms with Crippen LogP contribution < -0.4 is 15.4 Å². The van der Waals surface area contributed by atoms with Crippen molar-refractivity contribution in [2.45, 2.75) is 6.04 Å². The van der Waals surface area contributed by atoms with Crippen LogP contribution in [-0.4, -0.2) is 31.7 Å². The van der Waals surface area contributed by atoms with Crippen LogP contribution in [0.2, 0.25) is 0 Å². The van der Waals surface area contributed by atoms with Gasteiger partial charge in [-0.2, -0.15) is 0 Å². The van der Waals surface area contributed by atoms with E-state index >= 15 is 0 Å². The summed E-state index contributed by atoms with van der Waals surface area (Å²) in [4.78, 5) is 4.18. The van der Waals surface area contributed by atoms with Gasteiger partial charge in [0.2, 0.25) is 5.88 Å². The van der Waals surface area contributed by atoms with E-state index in [1.165, 1.54) is 5.56 Å². The van der Waals surface area contributed by atoms with Crippen LogP contribution >= 0.6 is 0 Å². The highest BCUT2D eigenvalue weighted by Crippen LogP contribution is 2.15. The molecule has 2 heterocycles. The fraction of sp³-hybridized carbons (Fsp3) is 0.500. The van der Waals surface area contributed by atoms with Crippen molar-refractivity contribution in [3.8, 4) is 5.88 Å². The molecular formula is C10H15N3O. The topological polar surface area (TPSA) is 46.2 Å². The van der Waals surface area contributed by atoms with E-state index in [-0.39, 0.29) is 0 Å². The number of pyridine rings is 1. The zero-order valence-electron chi connectivity index (χ0n) is 8.29. The molecule has 1 saturated heterocycles. The monoisotopic (exact) mass is 193 g/mol. The van der Waals surface area contributed by atoms with E-state index in [0.29, 0.717) is 11.9 Å². The maximum absolute atomic E-state index is 5.01. The third kappa shape index (κ3) is 2.02. The van der Waals surface area contributed by atoms with E-state index in [2.05, 4.69) is 21.7 Å². The minimum Gasteiger partial charge on any atom is -0.481 e. The van der Waals surface area contributed by atoms with Crippen LogP contribution in [0.25, 0.3) is 0 Å². The first-order valence-corrected chi connectivity index (χ1v) is 4.84. The lowest BCUT2D eigenvalue weighted by molar-refractivity contribution is 0.395. The van der Waals surface area contributed by atoms with Crippen LogP contribution in [0.3, 0.4) is 0 Å². The van der Waals surface area contributed by atoms with Crippen molar-refractivity contribution >= 4 is 0 Å². The summed E-state index contributed by atoms with van der Waals surface area (Å²) in [6.45, 7) is 3.02. The summed E-state index contributed by atoms with van der Waals surface area (Å²) >= 11 is 0. The fourth-order valence-corrected chi connectivity index (χ4v) is 1.61. The average molecular weight is 193 g/mol. The van der Waals surface area contributed by atoms with Crippen molar-refractivity contribution < 1.29 is 4.74 Å². The largest absolute Gasteiger partial charge is 0.481 e. The number of rotatable bonds is 2. The Morgan fingerprint density at radius 2 is 2.36 bits per heavy atom. The second-order valence-corrected chi connectivity index (χ2v) is 3.34. The second-order valence-electron chi connectivity index (χ2n) is 3.34. The van der Waals surface area contributed by atoms with Gasteiger partial charge in [0, 0.05) is 37.9 Å². The normalized spacial score (nSPS) is 21.9. The zero-order chi connectivity index (χ0) is 9.80. The SMILES string of the molecule is COc1ccc([C@@H]2CNCCN2)cn1. The maximum atomic E-state index is 5.01. The van der Waals surface area contributed by atoms with Gasteiger partial charge in [0.05, 0.1) is 7.11 Å². The quantitative estimate of drug-likeness (QED) is 0.710. The molecule has 0 saturated carbocycles. The van der Waals surface area contributed by atoms with E-state index in [0.717, 1.165) is 19.6 Å². The van der Waals surface area contributed by atoms with Crippen LogP contribution in [0.5, 0.6) is 5.88 Å². The van der Waals surface area contributed by atoms with Crippen LogP contribution in [-0.2, 0) is 0 Å². The number of hydrogen-bond acceptors (Lipinski definition) is 4. The number of ether oxygens (including phenoxy) is 1. The van der Waals surface area contributed by atoms with Gasteiger partial charge in [-0.05, 0) is 5.56 Å². The molecule has 4 nitrogen and oxygen atoms in total. The molecule has 0 aliphatic carbocycles. The first-order valence-electron chi connectivity index (χ1n) is 4.84. The van der Waals surface area contributed by atoms with Crippen molar-refractivity contribution in [2.75, 3.05) is 26.7 Å². The molecule has 1 aromatic heterocycles. The number of hydrogen-bond donors (Lipinski definition) is 2. The van der Waals surface area contributed by atoms with Gasteiger partial charge in [-0.1, -0.05) is 6.07 Å². The molecule has 1 aliphatic rings. The van der Waals surface area contributed by atoms with E-state index in [4.69, 9.17) is 4.74 Å². The number of nitrogens with one attached hydrogen (secondary N) is 2. The van der Waals surface area contributed by atoms with Gasteiger partial charge >= 0.3 is 0 Å². The molecule has 14 heavy (non-hydrogen) atoms. The van der Waals surface area contributed by atoms with Gasteiger partial charge in [-0.25, -0.2) is 4.98 Å². The molecular weight excluding hydrogens is 178 g/mol. The first kappa shape index (κ1) is 9.43. The summed E-state index contributed by atoms with van der Waals surface area (Å²) in [6, 6.07) is 4.32. The molecule has 76 valence electrons. The van der Waals surface area contributed by atoms with E-state index < -0.39 is 0 Å². The van der Waals surface area contributed by atoms with Crippen molar-refractivity contribution in [1.82, 2.24) is 15.6 Å². The van der Waals surface area contributed by atoms with Crippen LogP contribution in [0, 0.1) is 0 Å². The molecule has 0 radical (unpaired) electrons. The summed E-state index contributed by atoms with van der Waals surface area (Å²) in [6.07, 6.45) is 1.86. The lowest BCUT2D eigenvalue weighted by atomic mass is 10.1. The van der Waals surface area contributed by atoms with Gasteiger partial charge in [-0.3, -0.25) is 0 Å². The molecule has 2 N–H and O–H groups in total. The van der Waals surface area contributed by atoms with Crippen LogP contribution in [0.15, 0.2) is 18.3 Å². The second kappa shape index (κ2) is 4.39. The molecule has 0 aromatic carbocycles. The number of piperazine rings is 1. The van der Waals surface area contributed by atoms with Gasteiger partial charge in [0.15, 0.2) is 0 Å². The lowest BCUT2D eigenvalue weighted by Crippen LogP contribution is -2.42. The standard InChI is InChI=1S/C10H15N3O/c1-14-10-3-2-8(6-13-10)9-7-11-4-5-12-9/h2-3,6,9,11-12H,4-5,7H2,1H3/t9-/m0/s1. The van der Waals surface area contributed by atoms with Crippen molar-refractivity contribution in [3.63, 3.8) is 0 Å². The predicted octanol–water partition coefficient (Wildman–Crippen LogP) is 0.324. The Morgan fingerprint density at radius 1 is 1.43 bits per heavy atom. The average Bonchev–Trinajstić information content (AvgIpc) is 2.30. The van der Waals surface area contributed by atoms with Gasteiger partial charge < -0.3 is 15.4 Å². The van der Waals surface area contributed by atoms with Gasteiger partial charge in [0.1, 0.15) is 0 Å². The summed E-state index contributed by atoms with van der Waals surface area (Å²) in [7, 11) is 1.63. The van der Waals surface area contributed by atoms with Crippen molar-refractivity contribution in [1.29, 1.82) is 0 Å². The number of aromatic nitrogens is 1. The Hall–Kier alpha value is -1.13. The Labute approximate surface area is 83.7 Å². The zero-order valence-corrected chi connectivity index (χ0v) is 8.29. The molecule has 4 heteroatoms. The molecule has 0 bridgehead atoms. The van der Waals surface area contributed by atoms with Gasteiger partial charge in [-0.15, -0.1) is 0 Å². The Balaban J connectivity index is 2.07. The summed E-state index contributed by atoms with van der Waals surface area (Å²) in [5, 5.41) is 6.77. The smallest absolute Gasteiger partial charge is 0.212 e. The van der Waals surface area contributed by atoms with Crippen molar-refractivity contribution in [2.24, 2.45) is 0 Å². The van der Waals surface area contributed by atoms with Crippen molar-refractivity contribution in [3.05, 3.63) is 23.9 Å². The molecule has 2 rings (SSSR count). The first-order chi connectivity index (χ1) is 6.90. The number of nitrogens with zero attached hydrogens (tertiary/aromatic N) is 1. The van der Waals surface area contributed by atoms with Crippen LogP contribution in [0.1, 0.15) is 11.6 Å². The third-order valence-electron chi connectivity index (χ3n) is 2.41. The highest BCUT2D eigenvalue weighted by atomic mass is 16.5. The minimum absolute atomic E-state index is 0.377. The summed E-state index contributed by atoms with van der Waals surface area (Å²) in [5.74, 6) is 0.664. The highest BCUT2D eigenvalue weighted by Gasteiger charge is 2.13. The van der Waals surface area contributed by atoms with Gasteiger partial charge in [0.25, 0.3) is 0 Å². The lowest BCUT2D eigenvalue weighted by Gasteiger charge is -2.24. The molecule has 0 unspecified atom stereocenters. The Bertz CT molecular complexity index is 280. The molecule has 1 fully saturated rings. The third-order valence-corrected chi connectivity index (χ3v) is 2.41. The fourth-order valence-electron chi connectivity index (χ4n) is 1.61. The molecule has 0 amide bonds. The summed E-state index contributed by atoms with van der Waals surface area (Å²) < 4.78 is 5.01. The summed E-state index contributed by atoms with van der Waals surface area (Å²) in [5.41, 5.74) is 1.21. The van der Waals surface area contributed by atoms with E-state index in [9.17, 15) is 0 Å².